The smallest absolute Gasteiger partial charge is 0.174 e. The van der Waals surface area contributed by atoms with Crippen molar-refractivity contribution in [3.63, 3.8) is 0 Å². The van der Waals surface area contributed by atoms with Crippen LogP contribution in [-0.4, -0.2) is 44.4 Å². The fourth-order valence-electron chi connectivity index (χ4n) is 3.29. The average molecular weight is 513 g/mol. The van der Waals surface area contributed by atoms with Gasteiger partial charge < -0.3 is 14.4 Å². The molecule has 0 bridgehead atoms. The van der Waals surface area contributed by atoms with Gasteiger partial charge in [0, 0.05) is 17.8 Å². The van der Waals surface area contributed by atoms with E-state index in [1.807, 2.05) is 36.5 Å². The normalized spacial score (nSPS) is 15.1. The zero-order chi connectivity index (χ0) is 19.8. The zero-order valence-corrected chi connectivity index (χ0v) is 19.1. The van der Waals surface area contributed by atoms with Crippen LogP contribution in [0, 0.1) is 3.57 Å². The SMILES string of the molecule is COc1cc(C=NCCN2CCCCC2)cc(I)c1OCc1cccc(Cl)c1. The molecule has 0 unspecified atom stereocenters. The lowest BCUT2D eigenvalue weighted by Crippen LogP contribution is -2.31. The molecule has 0 spiro atoms. The molecule has 0 N–H and O–H groups in total. The molecular formula is C22H26ClIN2O2. The summed E-state index contributed by atoms with van der Waals surface area (Å²) in [6.07, 6.45) is 5.92. The molecule has 2 aromatic rings. The molecule has 1 fully saturated rings. The Hall–Kier alpha value is -1.31. The molecule has 0 aromatic heterocycles. The van der Waals surface area contributed by atoms with Crippen molar-refractivity contribution in [2.75, 3.05) is 33.3 Å². The van der Waals surface area contributed by atoms with E-state index in [0.717, 1.165) is 33.5 Å². The van der Waals surface area contributed by atoms with Crippen molar-refractivity contribution in [2.24, 2.45) is 4.99 Å². The molecule has 28 heavy (non-hydrogen) atoms. The van der Waals surface area contributed by atoms with E-state index in [1.54, 1.807) is 7.11 Å². The number of likely N-dealkylation sites (tertiary alicyclic amines) is 1. The first-order chi connectivity index (χ1) is 13.7. The van der Waals surface area contributed by atoms with E-state index in [9.17, 15) is 0 Å². The van der Waals surface area contributed by atoms with Gasteiger partial charge in [0.2, 0.25) is 0 Å². The molecule has 150 valence electrons. The molecule has 4 nitrogen and oxygen atoms in total. The second kappa shape index (κ2) is 11.0. The summed E-state index contributed by atoms with van der Waals surface area (Å²) in [4.78, 5) is 7.10. The Morgan fingerprint density at radius 3 is 2.75 bits per heavy atom. The molecule has 0 aliphatic carbocycles. The maximum Gasteiger partial charge on any atom is 0.174 e. The van der Waals surface area contributed by atoms with Gasteiger partial charge in [0.25, 0.3) is 0 Å². The summed E-state index contributed by atoms with van der Waals surface area (Å²) in [7, 11) is 1.66. The molecule has 1 heterocycles. The molecule has 1 aliphatic heterocycles. The molecule has 0 saturated carbocycles. The fourth-order valence-corrected chi connectivity index (χ4v) is 4.28. The van der Waals surface area contributed by atoms with E-state index >= 15 is 0 Å². The lowest BCUT2D eigenvalue weighted by atomic mass is 10.1. The Morgan fingerprint density at radius 1 is 1.18 bits per heavy atom. The third-order valence-corrected chi connectivity index (χ3v) is 5.79. The van der Waals surface area contributed by atoms with Crippen LogP contribution in [0.25, 0.3) is 0 Å². The van der Waals surface area contributed by atoms with Gasteiger partial charge in [0.1, 0.15) is 6.61 Å². The van der Waals surface area contributed by atoms with Gasteiger partial charge in [-0.25, -0.2) is 0 Å². The monoisotopic (exact) mass is 512 g/mol. The Kier molecular flexibility index (Phi) is 8.43. The molecule has 2 aromatic carbocycles. The lowest BCUT2D eigenvalue weighted by Gasteiger charge is -2.25. The number of piperidine rings is 1. The molecule has 0 radical (unpaired) electrons. The van der Waals surface area contributed by atoms with E-state index in [0.29, 0.717) is 17.4 Å². The van der Waals surface area contributed by atoms with Gasteiger partial charge in [0.05, 0.1) is 17.2 Å². The van der Waals surface area contributed by atoms with Crippen molar-refractivity contribution in [1.82, 2.24) is 4.90 Å². The Bertz CT molecular complexity index is 807. The van der Waals surface area contributed by atoms with E-state index in [1.165, 1.54) is 32.4 Å². The number of methoxy groups -OCH3 is 1. The Balaban J connectivity index is 1.61. The van der Waals surface area contributed by atoms with Crippen LogP contribution in [0.1, 0.15) is 30.4 Å². The van der Waals surface area contributed by atoms with Gasteiger partial charge >= 0.3 is 0 Å². The van der Waals surface area contributed by atoms with Crippen LogP contribution in [0.4, 0.5) is 0 Å². The first kappa shape index (κ1) is 21.4. The maximum absolute atomic E-state index is 6.05. The number of aliphatic imine (C=N–C) groups is 1. The third-order valence-electron chi connectivity index (χ3n) is 4.76. The summed E-state index contributed by atoms with van der Waals surface area (Å²) in [6, 6.07) is 11.7. The van der Waals surface area contributed by atoms with Crippen molar-refractivity contribution in [3.8, 4) is 11.5 Å². The van der Waals surface area contributed by atoms with Gasteiger partial charge in [-0.05, 0) is 83.9 Å². The molecule has 3 rings (SSSR count). The van der Waals surface area contributed by atoms with Gasteiger partial charge in [-0.15, -0.1) is 0 Å². The third kappa shape index (κ3) is 6.36. The topological polar surface area (TPSA) is 34.1 Å². The number of ether oxygens (including phenoxy) is 2. The highest BCUT2D eigenvalue weighted by atomic mass is 127. The molecule has 1 saturated heterocycles. The first-order valence-electron chi connectivity index (χ1n) is 9.62. The molecule has 1 aliphatic rings. The molecule has 0 atom stereocenters. The summed E-state index contributed by atoms with van der Waals surface area (Å²) in [5.41, 5.74) is 2.05. The number of halogens is 2. The average Bonchev–Trinajstić information content (AvgIpc) is 2.71. The Morgan fingerprint density at radius 2 is 2.00 bits per heavy atom. The summed E-state index contributed by atoms with van der Waals surface area (Å²) in [5, 5.41) is 0.707. The standard InChI is InChI=1S/C22H26ClIN2O2/c1-27-21-14-18(15-25-8-11-26-9-3-2-4-10-26)13-20(24)22(21)28-16-17-6-5-7-19(23)12-17/h5-7,12-15H,2-4,8-11,16H2,1H3. The second-order valence-corrected chi connectivity index (χ2v) is 8.49. The van der Waals surface area contributed by atoms with Crippen LogP contribution in [0.2, 0.25) is 5.02 Å². The van der Waals surface area contributed by atoms with Gasteiger partial charge in [0.15, 0.2) is 11.5 Å². The summed E-state index contributed by atoms with van der Waals surface area (Å²) in [5.74, 6) is 1.46. The number of rotatable bonds is 8. The minimum absolute atomic E-state index is 0.441. The predicted molar refractivity (Wildman–Crippen MR) is 124 cm³/mol. The van der Waals surface area contributed by atoms with Crippen LogP contribution in [0.3, 0.4) is 0 Å². The van der Waals surface area contributed by atoms with Crippen molar-refractivity contribution in [1.29, 1.82) is 0 Å². The minimum atomic E-state index is 0.441. The van der Waals surface area contributed by atoms with Crippen LogP contribution in [-0.2, 0) is 6.61 Å². The van der Waals surface area contributed by atoms with Crippen molar-refractivity contribution in [3.05, 3.63) is 56.1 Å². The molecule has 6 heteroatoms. The van der Waals surface area contributed by atoms with E-state index in [2.05, 4.69) is 38.5 Å². The van der Waals surface area contributed by atoms with Crippen molar-refractivity contribution < 1.29 is 9.47 Å². The largest absolute Gasteiger partial charge is 0.493 e. The summed E-state index contributed by atoms with van der Waals surface area (Å²) >= 11 is 8.33. The van der Waals surface area contributed by atoms with Crippen LogP contribution in [0.5, 0.6) is 11.5 Å². The number of nitrogens with zero attached hydrogens (tertiary/aromatic N) is 2. The maximum atomic E-state index is 6.05. The van der Waals surface area contributed by atoms with Gasteiger partial charge in [-0.2, -0.15) is 0 Å². The van der Waals surface area contributed by atoms with E-state index in [4.69, 9.17) is 21.1 Å². The summed E-state index contributed by atoms with van der Waals surface area (Å²) < 4.78 is 12.6. The van der Waals surface area contributed by atoms with Crippen molar-refractivity contribution in [2.45, 2.75) is 25.9 Å². The molecule has 0 amide bonds. The number of benzene rings is 2. The van der Waals surface area contributed by atoms with Crippen molar-refractivity contribution >= 4 is 40.4 Å². The fraction of sp³-hybridized carbons (Fsp3) is 0.409. The van der Waals surface area contributed by atoms with Crippen LogP contribution in [0.15, 0.2) is 41.4 Å². The quantitative estimate of drug-likeness (QED) is 0.349. The highest BCUT2D eigenvalue weighted by Crippen LogP contribution is 2.34. The lowest BCUT2D eigenvalue weighted by molar-refractivity contribution is 0.235. The van der Waals surface area contributed by atoms with E-state index < -0.39 is 0 Å². The highest BCUT2D eigenvalue weighted by molar-refractivity contribution is 14.1. The Labute approximate surface area is 186 Å². The van der Waals surface area contributed by atoms with Crippen LogP contribution >= 0.6 is 34.2 Å². The number of hydrogen-bond donors (Lipinski definition) is 0. The highest BCUT2D eigenvalue weighted by Gasteiger charge is 2.12. The van der Waals surface area contributed by atoms with Gasteiger partial charge in [-0.1, -0.05) is 30.2 Å². The van der Waals surface area contributed by atoms with E-state index in [-0.39, 0.29) is 0 Å². The van der Waals surface area contributed by atoms with Crippen LogP contribution < -0.4 is 9.47 Å². The second-order valence-electron chi connectivity index (χ2n) is 6.89. The molecular weight excluding hydrogens is 487 g/mol. The van der Waals surface area contributed by atoms with Gasteiger partial charge in [-0.3, -0.25) is 4.99 Å². The minimum Gasteiger partial charge on any atom is -0.493 e. The zero-order valence-electron chi connectivity index (χ0n) is 16.2. The first-order valence-corrected chi connectivity index (χ1v) is 11.1. The summed E-state index contributed by atoms with van der Waals surface area (Å²) in [6.45, 7) is 4.72. The number of hydrogen-bond acceptors (Lipinski definition) is 4. The predicted octanol–water partition coefficient (Wildman–Crippen LogP) is 5.44.